The highest BCUT2D eigenvalue weighted by Gasteiger charge is 2.31. The van der Waals surface area contributed by atoms with Gasteiger partial charge in [-0.05, 0) is 67.4 Å². The smallest absolute Gasteiger partial charge is 0.178 e. The van der Waals surface area contributed by atoms with E-state index in [2.05, 4.69) is 33.8 Å². The summed E-state index contributed by atoms with van der Waals surface area (Å²) in [6, 6.07) is 2.12. The third kappa shape index (κ3) is 2.13. The van der Waals surface area contributed by atoms with Crippen LogP contribution < -0.4 is 0 Å². The van der Waals surface area contributed by atoms with Crippen LogP contribution in [0.25, 0.3) is 5.57 Å². The Morgan fingerprint density at radius 3 is 2.21 bits per heavy atom. The minimum Gasteiger partial charge on any atom is -0.364 e. The van der Waals surface area contributed by atoms with Crippen molar-refractivity contribution < 1.29 is 10.2 Å². The van der Waals surface area contributed by atoms with Crippen LogP contribution in [0.5, 0.6) is 0 Å². The molecule has 1 aliphatic rings. The van der Waals surface area contributed by atoms with E-state index in [0.29, 0.717) is 5.56 Å². The van der Waals surface area contributed by atoms with Crippen LogP contribution in [0.1, 0.15) is 61.8 Å². The van der Waals surface area contributed by atoms with Gasteiger partial charge < -0.3 is 10.2 Å². The highest BCUT2D eigenvalue weighted by molar-refractivity contribution is 5.76. The van der Waals surface area contributed by atoms with Gasteiger partial charge in [-0.25, -0.2) is 0 Å². The Morgan fingerprint density at radius 2 is 1.68 bits per heavy atom. The molecule has 0 spiro atoms. The van der Waals surface area contributed by atoms with Crippen molar-refractivity contribution in [2.75, 3.05) is 0 Å². The molecule has 19 heavy (non-hydrogen) atoms. The molecule has 0 saturated heterocycles. The van der Waals surface area contributed by atoms with E-state index in [9.17, 15) is 10.2 Å². The first kappa shape index (κ1) is 14.3. The second kappa shape index (κ2) is 4.46. The summed E-state index contributed by atoms with van der Waals surface area (Å²) >= 11 is 0. The summed E-state index contributed by atoms with van der Waals surface area (Å²) in [5.41, 5.74) is 8.03. The maximum atomic E-state index is 9.58. The summed E-state index contributed by atoms with van der Waals surface area (Å²) in [7, 11) is 0. The zero-order valence-corrected chi connectivity index (χ0v) is 12.8. The lowest BCUT2D eigenvalue weighted by Gasteiger charge is -2.36. The number of fused-ring (bicyclic) bond motifs is 1. The molecule has 2 N–H and O–H groups in total. The first-order chi connectivity index (χ1) is 8.66. The van der Waals surface area contributed by atoms with Crippen molar-refractivity contribution in [3.8, 4) is 0 Å². The summed E-state index contributed by atoms with van der Waals surface area (Å²) in [4.78, 5) is 0. The number of hydrogen-bond acceptors (Lipinski definition) is 2. The molecule has 0 aliphatic heterocycles. The summed E-state index contributed by atoms with van der Waals surface area (Å²) in [6.07, 6.45) is -0.386. The molecule has 0 radical (unpaired) electrons. The number of aliphatic hydroxyl groups is 2. The standard InChI is InChI=1S/C17H24O2/c1-9-7-13-8-17(5,6)12(4)10(2)15(13)11(3)14(9)16(18)19/h7,16,18-19H,8H2,1-6H3. The number of allylic oxidation sites excluding steroid dienone is 2. The summed E-state index contributed by atoms with van der Waals surface area (Å²) in [6.45, 7) is 12.8. The Labute approximate surface area is 115 Å². The number of hydrogen-bond donors (Lipinski definition) is 2. The zero-order chi connectivity index (χ0) is 14.5. The van der Waals surface area contributed by atoms with Crippen LogP contribution in [0.15, 0.2) is 11.6 Å². The topological polar surface area (TPSA) is 40.5 Å². The maximum absolute atomic E-state index is 9.58. The second-order valence-corrected chi connectivity index (χ2v) is 6.45. The van der Waals surface area contributed by atoms with Crippen LogP contribution in [0.3, 0.4) is 0 Å². The molecule has 0 heterocycles. The fourth-order valence-corrected chi connectivity index (χ4v) is 3.45. The quantitative estimate of drug-likeness (QED) is 0.756. The molecule has 1 aromatic rings. The summed E-state index contributed by atoms with van der Waals surface area (Å²) in [5, 5.41) is 19.2. The largest absolute Gasteiger partial charge is 0.364 e. The average molecular weight is 260 g/mol. The first-order valence-electron chi connectivity index (χ1n) is 6.84. The number of rotatable bonds is 1. The molecular formula is C17H24O2. The Bertz CT molecular complexity index is 563. The van der Waals surface area contributed by atoms with Gasteiger partial charge in [-0.2, -0.15) is 0 Å². The molecule has 2 rings (SSSR count). The predicted octanol–water partition coefficient (Wildman–Crippen LogP) is 3.66. The van der Waals surface area contributed by atoms with Gasteiger partial charge in [-0.15, -0.1) is 0 Å². The molecule has 0 bridgehead atoms. The van der Waals surface area contributed by atoms with Crippen LogP contribution >= 0.6 is 0 Å². The van der Waals surface area contributed by atoms with Crippen LogP contribution in [-0.2, 0) is 6.42 Å². The van der Waals surface area contributed by atoms with Crippen molar-refractivity contribution in [1.29, 1.82) is 0 Å². The highest BCUT2D eigenvalue weighted by atomic mass is 16.5. The van der Waals surface area contributed by atoms with E-state index in [0.717, 1.165) is 17.5 Å². The molecule has 2 heteroatoms. The average Bonchev–Trinajstić information content (AvgIpc) is 2.24. The molecule has 0 saturated carbocycles. The molecule has 0 aromatic heterocycles. The third-order valence-corrected chi connectivity index (χ3v) is 4.76. The van der Waals surface area contributed by atoms with Gasteiger partial charge in [0.15, 0.2) is 6.29 Å². The molecule has 1 aromatic carbocycles. The van der Waals surface area contributed by atoms with Crippen LogP contribution in [0.2, 0.25) is 0 Å². The summed E-state index contributed by atoms with van der Waals surface area (Å²) in [5.74, 6) is 0. The van der Waals surface area contributed by atoms with E-state index in [1.165, 1.54) is 22.3 Å². The molecule has 0 atom stereocenters. The molecule has 2 nitrogen and oxygen atoms in total. The SMILES string of the molecule is CC1=C(C)C(C)(C)Cc2cc(C)c(C(O)O)c(C)c21. The number of aryl methyl sites for hydroxylation is 1. The van der Waals surface area contributed by atoms with E-state index in [4.69, 9.17) is 0 Å². The fourth-order valence-electron chi connectivity index (χ4n) is 3.45. The first-order valence-corrected chi connectivity index (χ1v) is 6.84. The number of benzene rings is 1. The van der Waals surface area contributed by atoms with Crippen molar-refractivity contribution in [3.63, 3.8) is 0 Å². The molecular weight excluding hydrogens is 236 g/mol. The predicted molar refractivity (Wildman–Crippen MR) is 78.8 cm³/mol. The van der Waals surface area contributed by atoms with E-state index < -0.39 is 6.29 Å². The van der Waals surface area contributed by atoms with Crippen LogP contribution in [-0.4, -0.2) is 10.2 Å². The Morgan fingerprint density at radius 1 is 1.11 bits per heavy atom. The Kier molecular flexibility index (Phi) is 3.36. The highest BCUT2D eigenvalue weighted by Crippen LogP contribution is 2.44. The minimum absolute atomic E-state index is 0.176. The molecule has 0 amide bonds. The van der Waals surface area contributed by atoms with Gasteiger partial charge in [-0.3, -0.25) is 0 Å². The van der Waals surface area contributed by atoms with Crippen LogP contribution in [0.4, 0.5) is 0 Å². The van der Waals surface area contributed by atoms with Gasteiger partial charge in [0.05, 0.1) is 0 Å². The lowest BCUT2D eigenvalue weighted by molar-refractivity contribution is -0.0434. The van der Waals surface area contributed by atoms with E-state index >= 15 is 0 Å². The molecule has 104 valence electrons. The van der Waals surface area contributed by atoms with Gasteiger partial charge in [0.25, 0.3) is 0 Å². The molecule has 0 fully saturated rings. The van der Waals surface area contributed by atoms with Crippen molar-refractivity contribution in [2.24, 2.45) is 5.41 Å². The fraction of sp³-hybridized carbons (Fsp3) is 0.529. The van der Waals surface area contributed by atoms with E-state index in [1.54, 1.807) is 0 Å². The lowest BCUT2D eigenvalue weighted by Crippen LogP contribution is -2.24. The van der Waals surface area contributed by atoms with Gasteiger partial charge in [0.1, 0.15) is 0 Å². The van der Waals surface area contributed by atoms with Crippen molar-refractivity contribution in [1.82, 2.24) is 0 Å². The van der Waals surface area contributed by atoms with Gasteiger partial charge >= 0.3 is 0 Å². The lowest BCUT2D eigenvalue weighted by atomic mass is 9.69. The molecule has 1 aliphatic carbocycles. The maximum Gasteiger partial charge on any atom is 0.178 e. The Balaban J connectivity index is 2.78. The summed E-state index contributed by atoms with van der Waals surface area (Å²) < 4.78 is 0. The minimum atomic E-state index is -1.40. The normalized spacial score (nSPS) is 17.9. The monoisotopic (exact) mass is 260 g/mol. The second-order valence-electron chi connectivity index (χ2n) is 6.45. The van der Waals surface area contributed by atoms with E-state index in [-0.39, 0.29) is 5.41 Å². The molecule has 0 unspecified atom stereocenters. The van der Waals surface area contributed by atoms with Crippen molar-refractivity contribution in [2.45, 2.75) is 54.3 Å². The Hall–Kier alpha value is -1.12. The third-order valence-electron chi connectivity index (χ3n) is 4.76. The zero-order valence-electron chi connectivity index (χ0n) is 12.8. The van der Waals surface area contributed by atoms with Crippen molar-refractivity contribution >= 4 is 5.57 Å². The van der Waals surface area contributed by atoms with Gasteiger partial charge in [-0.1, -0.05) is 25.5 Å². The van der Waals surface area contributed by atoms with Crippen molar-refractivity contribution in [3.05, 3.63) is 39.5 Å². The van der Waals surface area contributed by atoms with E-state index in [1.807, 2.05) is 13.8 Å². The van der Waals surface area contributed by atoms with Gasteiger partial charge in [0.2, 0.25) is 0 Å². The van der Waals surface area contributed by atoms with Crippen LogP contribution in [0, 0.1) is 19.3 Å². The van der Waals surface area contributed by atoms with Gasteiger partial charge in [0, 0.05) is 5.56 Å². The number of aliphatic hydroxyl groups excluding tert-OH is 1.